The molecule has 0 unspecified atom stereocenters. The smallest absolute Gasteiger partial charge is 0.343 e. The van der Waals surface area contributed by atoms with E-state index in [4.69, 9.17) is 10.5 Å². The van der Waals surface area contributed by atoms with Gasteiger partial charge in [-0.3, -0.25) is 4.79 Å². The topological polar surface area (TPSA) is 85.5 Å². The number of rotatable bonds is 4. The molecule has 1 atom stereocenters. The summed E-state index contributed by atoms with van der Waals surface area (Å²) in [5.74, 6) is -0.954. The molecular weight excluding hydrogens is 302 g/mol. The predicted octanol–water partition coefficient (Wildman–Crippen LogP) is 2.24. The molecule has 0 saturated carbocycles. The molecule has 116 valence electrons. The molecule has 7 heteroatoms. The Balaban J connectivity index is 2.07. The maximum Gasteiger partial charge on any atom is 0.343 e. The fourth-order valence-corrected chi connectivity index (χ4v) is 2.61. The first-order valence-corrected chi connectivity index (χ1v) is 7.44. The lowest BCUT2D eigenvalue weighted by Gasteiger charge is -2.21. The zero-order chi connectivity index (χ0) is 16.3. The van der Waals surface area contributed by atoms with Crippen LogP contribution in [0.1, 0.15) is 23.0 Å². The number of aryl methyl sites for hydroxylation is 1. The highest BCUT2D eigenvalue weighted by atomic mass is 32.1. The second kappa shape index (κ2) is 6.57. The summed E-state index contributed by atoms with van der Waals surface area (Å²) >= 11 is 1.03. The van der Waals surface area contributed by atoms with Crippen molar-refractivity contribution >= 4 is 34.1 Å². The lowest BCUT2D eigenvalue weighted by molar-refractivity contribution is -0.126. The van der Waals surface area contributed by atoms with E-state index in [-0.39, 0.29) is 11.5 Å². The third kappa shape index (κ3) is 3.25. The summed E-state index contributed by atoms with van der Waals surface area (Å²) in [5.41, 5.74) is 7.16. The highest BCUT2D eigenvalue weighted by Crippen LogP contribution is 2.22. The van der Waals surface area contributed by atoms with Crippen LogP contribution in [-0.4, -0.2) is 29.4 Å². The van der Waals surface area contributed by atoms with Gasteiger partial charge in [-0.1, -0.05) is 18.2 Å². The van der Waals surface area contributed by atoms with Crippen LogP contribution in [0.3, 0.4) is 0 Å². The second-order valence-electron chi connectivity index (χ2n) is 4.79. The number of nitrogen functional groups attached to an aromatic ring is 1. The number of amides is 1. The molecule has 0 spiro atoms. The normalized spacial score (nSPS) is 11.8. The van der Waals surface area contributed by atoms with E-state index in [1.54, 1.807) is 26.1 Å². The van der Waals surface area contributed by atoms with Crippen molar-refractivity contribution in [1.82, 2.24) is 4.37 Å². The second-order valence-corrected chi connectivity index (χ2v) is 5.59. The molecule has 0 bridgehead atoms. The van der Waals surface area contributed by atoms with Crippen LogP contribution in [0.15, 0.2) is 30.3 Å². The Morgan fingerprint density at radius 3 is 2.50 bits per heavy atom. The number of carbonyl (C=O) groups excluding carboxylic acids is 2. The fourth-order valence-electron chi connectivity index (χ4n) is 1.96. The van der Waals surface area contributed by atoms with Crippen LogP contribution in [0.4, 0.5) is 10.7 Å². The summed E-state index contributed by atoms with van der Waals surface area (Å²) in [6.07, 6.45) is -0.920. The number of nitrogens with zero attached hydrogens (tertiary/aromatic N) is 2. The van der Waals surface area contributed by atoms with E-state index in [0.717, 1.165) is 17.2 Å². The number of ether oxygens (including phenoxy) is 1. The van der Waals surface area contributed by atoms with Gasteiger partial charge in [-0.2, -0.15) is 4.37 Å². The average Bonchev–Trinajstić information content (AvgIpc) is 2.85. The summed E-state index contributed by atoms with van der Waals surface area (Å²) in [6, 6.07) is 9.13. The van der Waals surface area contributed by atoms with Crippen LogP contribution >= 0.6 is 11.5 Å². The van der Waals surface area contributed by atoms with E-state index in [1.165, 1.54) is 11.8 Å². The molecule has 2 rings (SSSR count). The maximum atomic E-state index is 12.3. The number of aromatic nitrogens is 1. The quantitative estimate of drug-likeness (QED) is 0.874. The molecule has 1 heterocycles. The summed E-state index contributed by atoms with van der Waals surface area (Å²) in [4.78, 5) is 25.9. The zero-order valence-electron chi connectivity index (χ0n) is 12.6. The van der Waals surface area contributed by atoms with Gasteiger partial charge in [0.25, 0.3) is 5.91 Å². The van der Waals surface area contributed by atoms with E-state index in [2.05, 4.69) is 4.37 Å². The number of para-hydroxylation sites is 1. The van der Waals surface area contributed by atoms with E-state index < -0.39 is 12.1 Å². The molecule has 2 N–H and O–H groups in total. The highest BCUT2D eigenvalue weighted by Gasteiger charge is 2.26. The Bertz CT molecular complexity index is 665. The van der Waals surface area contributed by atoms with Crippen LogP contribution in [0, 0.1) is 6.92 Å². The highest BCUT2D eigenvalue weighted by molar-refractivity contribution is 7.10. The average molecular weight is 319 g/mol. The monoisotopic (exact) mass is 319 g/mol. The maximum absolute atomic E-state index is 12.3. The molecule has 0 fully saturated rings. The number of hydrogen-bond donors (Lipinski definition) is 1. The molecule has 22 heavy (non-hydrogen) atoms. The minimum Gasteiger partial charge on any atom is -0.449 e. The Morgan fingerprint density at radius 2 is 1.95 bits per heavy atom. The van der Waals surface area contributed by atoms with E-state index >= 15 is 0 Å². The SMILES string of the molecule is Cc1nsc(N)c1C(=O)O[C@H](C)C(=O)N(C)c1ccccc1. The van der Waals surface area contributed by atoms with Crippen molar-refractivity contribution in [3.8, 4) is 0 Å². The van der Waals surface area contributed by atoms with Crippen LogP contribution < -0.4 is 10.6 Å². The van der Waals surface area contributed by atoms with Crippen molar-refractivity contribution < 1.29 is 14.3 Å². The molecular formula is C15H17N3O3S. The van der Waals surface area contributed by atoms with Crippen molar-refractivity contribution in [2.24, 2.45) is 0 Å². The van der Waals surface area contributed by atoms with Gasteiger partial charge in [-0.25, -0.2) is 4.79 Å². The minimum absolute atomic E-state index is 0.229. The summed E-state index contributed by atoms with van der Waals surface area (Å²) in [6.45, 7) is 3.21. The van der Waals surface area contributed by atoms with Crippen molar-refractivity contribution in [3.63, 3.8) is 0 Å². The number of carbonyl (C=O) groups is 2. The summed E-state index contributed by atoms with van der Waals surface area (Å²) in [7, 11) is 1.63. The third-order valence-corrected chi connectivity index (χ3v) is 3.96. The Kier molecular flexibility index (Phi) is 4.77. The molecule has 0 saturated heterocycles. The molecule has 0 radical (unpaired) electrons. The number of anilines is 2. The molecule has 1 amide bonds. The Hall–Kier alpha value is -2.41. The number of hydrogen-bond acceptors (Lipinski definition) is 6. The molecule has 0 aliphatic rings. The van der Waals surface area contributed by atoms with Gasteiger partial charge in [0.05, 0.1) is 5.69 Å². The molecule has 6 nitrogen and oxygen atoms in total. The van der Waals surface area contributed by atoms with E-state index in [1.807, 2.05) is 18.2 Å². The van der Waals surface area contributed by atoms with Gasteiger partial charge in [-0.05, 0) is 37.5 Å². The lowest BCUT2D eigenvalue weighted by Crippen LogP contribution is -2.37. The van der Waals surface area contributed by atoms with Crippen molar-refractivity contribution in [2.45, 2.75) is 20.0 Å². The van der Waals surface area contributed by atoms with Crippen LogP contribution in [0.25, 0.3) is 0 Å². The largest absolute Gasteiger partial charge is 0.449 e. The zero-order valence-corrected chi connectivity index (χ0v) is 13.4. The van der Waals surface area contributed by atoms with Crippen LogP contribution in [0.2, 0.25) is 0 Å². The van der Waals surface area contributed by atoms with Crippen LogP contribution in [-0.2, 0) is 9.53 Å². The van der Waals surface area contributed by atoms with Gasteiger partial charge < -0.3 is 15.4 Å². The number of benzene rings is 1. The van der Waals surface area contributed by atoms with Crippen molar-refractivity contribution in [3.05, 3.63) is 41.6 Å². The first kappa shape index (κ1) is 16.0. The molecule has 0 aliphatic heterocycles. The molecule has 1 aromatic carbocycles. The van der Waals surface area contributed by atoms with Crippen molar-refractivity contribution in [2.75, 3.05) is 17.7 Å². The van der Waals surface area contributed by atoms with Crippen molar-refractivity contribution in [1.29, 1.82) is 0 Å². The van der Waals surface area contributed by atoms with E-state index in [9.17, 15) is 9.59 Å². The number of nitrogens with two attached hydrogens (primary N) is 1. The minimum atomic E-state index is -0.920. The van der Waals surface area contributed by atoms with Gasteiger partial charge >= 0.3 is 5.97 Å². The van der Waals surface area contributed by atoms with E-state index in [0.29, 0.717) is 10.7 Å². The Morgan fingerprint density at radius 1 is 1.32 bits per heavy atom. The van der Waals surface area contributed by atoms with Crippen LogP contribution in [0.5, 0.6) is 0 Å². The van der Waals surface area contributed by atoms with Gasteiger partial charge in [0.15, 0.2) is 6.10 Å². The molecule has 0 aliphatic carbocycles. The molecule has 2 aromatic rings. The van der Waals surface area contributed by atoms with Gasteiger partial charge in [0.1, 0.15) is 10.6 Å². The first-order valence-electron chi connectivity index (χ1n) is 6.67. The summed E-state index contributed by atoms with van der Waals surface area (Å²) in [5, 5.41) is 0.290. The molecule has 1 aromatic heterocycles. The summed E-state index contributed by atoms with van der Waals surface area (Å²) < 4.78 is 9.21. The standard InChI is InChI=1S/C15H17N3O3S/c1-9-12(13(16)22-17-9)15(20)21-10(2)14(19)18(3)11-7-5-4-6-8-11/h4-8,10H,16H2,1-3H3/t10-/m1/s1. The van der Waals surface area contributed by atoms with Gasteiger partial charge in [0, 0.05) is 12.7 Å². The van der Waals surface area contributed by atoms with Gasteiger partial charge in [-0.15, -0.1) is 0 Å². The Labute approximate surface area is 132 Å². The fraction of sp³-hybridized carbons (Fsp3) is 0.267. The third-order valence-electron chi connectivity index (χ3n) is 3.20. The number of likely N-dealkylation sites (N-methyl/N-ethyl adjacent to an activating group) is 1. The first-order chi connectivity index (χ1) is 10.4. The lowest BCUT2D eigenvalue weighted by atomic mass is 10.2. The van der Waals surface area contributed by atoms with Gasteiger partial charge in [0.2, 0.25) is 0 Å². The number of esters is 1. The predicted molar refractivity (Wildman–Crippen MR) is 86.0 cm³/mol.